The topological polar surface area (TPSA) is 83.6 Å². The van der Waals surface area contributed by atoms with E-state index in [2.05, 4.69) is 4.90 Å². The first kappa shape index (κ1) is 26.8. The number of ketones is 1. The molecule has 0 saturated carbocycles. The largest absolute Gasteiger partial charge is 0.380 e. The molecule has 1 saturated heterocycles. The molecular formula is C32H38N2O3. The molecule has 3 N–H and O–H groups in total. The second-order valence-electron chi connectivity index (χ2n) is 10.7. The Kier molecular flexibility index (Phi) is 8.25. The zero-order valence-corrected chi connectivity index (χ0v) is 21.9. The number of aliphatic hydroxyl groups is 1. The summed E-state index contributed by atoms with van der Waals surface area (Å²) >= 11 is 0. The maximum atomic E-state index is 12.7. The van der Waals surface area contributed by atoms with Crippen LogP contribution in [-0.2, 0) is 15.8 Å². The van der Waals surface area contributed by atoms with E-state index >= 15 is 0 Å². The summed E-state index contributed by atoms with van der Waals surface area (Å²) < 4.78 is 0. The Morgan fingerprint density at radius 3 is 1.84 bits per heavy atom. The fourth-order valence-electron chi connectivity index (χ4n) is 5.42. The quantitative estimate of drug-likeness (QED) is 0.383. The van der Waals surface area contributed by atoms with E-state index in [-0.39, 0.29) is 17.6 Å². The van der Waals surface area contributed by atoms with Gasteiger partial charge in [-0.15, -0.1) is 0 Å². The number of nitrogens with zero attached hydrogens (tertiary/aromatic N) is 1. The van der Waals surface area contributed by atoms with Crippen molar-refractivity contribution in [3.05, 3.63) is 107 Å². The summed E-state index contributed by atoms with van der Waals surface area (Å²) in [6.07, 6.45) is 3.06. The van der Waals surface area contributed by atoms with E-state index in [4.69, 9.17) is 5.73 Å². The van der Waals surface area contributed by atoms with Crippen LogP contribution in [0, 0.1) is 5.92 Å². The van der Waals surface area contributed by atoms with Crippen molar-refractivity contribution in [1.82, 2.24) is 4.90 Å². The molecule has 194 valence electrons. The van der Waals surface area contributed by atoms with Gasteiger partial charge in [0.15, 0.2) is 5.78 Å². The molecule has 1 heterocycles. The van der Waals surface area contributed by atoms with Crippen LogP contribution in [0.1, 0.15) is 66.6 Å². The number of hydrogen-bond donors (Lipinski definition) is 2. The SMILES string of the molecule is CC(C)(C(N)=O)c1ccc(C(=O)CCCN2CCC(C(O)(c3ccccc3)c3ccccc3)CC2)cc1. The van der Waals surface area contributed by atoms with Crippen molar-refractivity contribution in [3.8, 4) is 0 Å². The number of amides is 1. The highest BCUT2D eigenvalue weighted by molar-refractivity contribution is 5.96. The number of rotatable bonds is 10. The Balaban J connectivity index is 1.32. The molecule has 0 aromatic heterocycles. The highest BCUT2D eigenvalue weighted by atomic mass is 16.3. The van der Waals surface area contributed by atoms with Crippen LogP contribution < -0.4 is 5.73 Å². The maximum absolute atomic E-state index is 12.7. The molecule has 1 fully saturated rings. The predicted octanol–water partition coefficient (Wildman–Crippen LogP) is 5.06. The molecule has 1 aliphatic rings. The predicted molar refractivity (Wildman–Crippen MR) is 147 cm³/mol. The maximum Gasteiger partial charge on any atom is 0.227 e. The lowest BCUT2D eigenvalue weighted by molar-refractivity contribution is -0.122. The molecule has 0 atom stereocenters. The summed E-state index contributed by atoms with van der Waals surface area (Å²) in [5, 5.41) is 12.1. The van der Waals surface area contributed by atoms with Gasteiger partial charge in [-0.3, -0.25) is 9.59 Å². The van der Waals surface area contributed by atoms with E-state index in [1.807, 2.05) is 72.8 Å². The van der Waals surface area contributed by atoms with E-state index in [9.17, 15) is 14.7 Å². The van der Waals surface area contributed by atoms with Gasteiger partial charge in [-0.1, -0.05) is 84.9 Å². The van der Waals surface area contributed by atoms with Crippen LogP contribution in [0.3, 0.4) is 0 Å². The molecule has 0 unspecified atom stereocenters. The van der Waals surface area contributed by atoms with Crippen molar-refractivity contribution in [3.63, 3.8) is 0 Å². The molecule has 1 aliphatic heterocycles. The number of Topliss-reactive ketones (excluding diaryl/α,β-unsaturated/α-hetero) is 1. The lowest BCUT2D eigenvalue weighted by Crippen LogP contribution is -2.44. The Morgan fingerprint density at radius 1 is 0.838 bits per heavy atom. The van der Waals surface area contributed by atoms with Gasteiger partial charge in [0.05, 0.1) is 5.41 Å². The average molecular weight is 499 g/mol. The lowest BCUT2D eigenvalue weighted by atomic mass is 9.72. The standard InChI is InChI=1S/C32H38N2O3/c1-31(2,30(33)36)25-17-15-24(16-18-25)29(35)14-9-21-34-22-19-28(20-23-34)32(37,26-10-5-3-6-11-26)27-12-7-4-8-13-27/h3-8,10-13,15-18,28,37H,9,14,19-23H2,1-2H3,(H2,33,36). The number of carbonyl (C=O) groups is 2. The second-order valence-corrected chi connectivity index (χ2v) is 10.7. The fourth-order valence-corrected chi connectivity index (χ4v) is 5.42. The van der Waals surface area contributed by atoms with Crippen LogP contribution in [0.15, 0.2) is 84.9 Å². The number of primary amides is 1. The Hall–Kier alpha value is -3.28. The van der Waals surface area contributed by atoms with Gasteiger partial charge in [-0.05, 0) is 75.4 Å². The Bertz CT molecular complexity index is 1140. The molecule has 3 aromatic rings. The number of benzene rings is 3. The van der Waals surface area contributed by atoms with Gasteiger partial charge in [0.2, 0.25) is 5.91 Å². The molecule has 0 aliphatic carbocycles. The van der Waals surface area contributed by atoms with Crippen molar-refractivity contribution < 1.29 is 14.7 Å². The summed E-state index contributed by atoms with van der Waals surface area (Å²) in [5.74, 6) is -0.152. The average Bonchev–Trinajstić information content (AvgIpc) is 2.94. The smallest absolute Gasteiger partial charge is 0.227 e. The van der Waals surface area contributed by atoms with Crippen LogP contribution >= 0.6 is 0 Å². The number of nitrogens with two attached hydrogens (primary N) is 1. The monoisotopic (exact) mass is 498 g/mol. The van der Waals surface area contributed by atoms with Crippen molar-refractivity contribution in [1.29, 1.82) is 0 Å². The molecule has 5 nitrogen and oxygen atoms in total. The molecule has 4 rings (SSSR count). The molecule has 5 heteroatoms. The molecule has 3 aromatic carbocycles. The van der Waals surface area contributed by atoms with E-state index < -0.39 is 11.0 Å². The van der Waals surface area contributed by atoms with Crippen LogP contribution in [0.2, 0.25) is 0 Å². The van der Waals surface area contributed by atoms with Gasteiger partial charge in [0, 0.05) is 12.0 Å². The second kappa shape index (κ2) is 11.4. The van der Waals surface area contributed by atoms with Gasteiger partial charge < -0.3 is 15.7 Å². The van der Waals surface area contributed by atoms with Gasteiger partial charge in [0.1, 0.15) is 5.60 Å². The summed E-state index contributed by atoms with van der Waals surface area (Å²) in [4.78, 5) is 26.8. The van der Waals surface area contributed by atoms with Crippen molar-refractivity contribution in [2.24, 2.45) is 11.7 Å². The first-order valence-electron chi connectivity index (χ1n) is 13.2. The highest BCUT2D eigenvalue weighted by Gasteiger charge is 2.41. The van der Waals surface area contributed by atoms with Crippen LogP contribution in [0.4, 0.5) is 0 Å². The zero-order chi connectivity index (χ0) is 26.5. The van der Waals surface area contributed by atoms with E-state index in [0.29, 0.717) is 12.0 Å². The number of likely N-dealkylation sites (tertiary alicyclic amines) is 1. The number of piperidine rings is 1. The van der Waals surface area contributed by atoms with Crippen molar-refractivity contribution >= 4 is 11.7 Å². The lowest BCUT2D eigenvalue weighted by Gasteiger charge is -2.42. The van der Waals surface area contributed by atoms with Crippen LogP contribution in [0.5, 0.6) is 0 Å². The molecule has 0 bridgehead atoms. The van der Waals surface area contributed by atoms with Crippen LogP contribution in [-0.4, -0.2) is 41.3 Å². The minimum atomic E-state index is -1.01. The summed E-state index contributed by atoms with van der Waals surface area (Å²) in [5.41, 5.74) is 7.08. The van der Waals surface area contributed by atoms with E-state index in [0.717, 1.165) is 55.6 Å². The molecular weight excluding hydrogens is 460 g/mol. The fraction of sp³-hybridized carbons (Fsp3) is 0.375. The van der Waals surface area contributed by atoms with Gasteiger partial charge in [-0.2, -0.15) is 0 Å². The van der Waals surface area contributed by atoms with Crippen molar-refractivity contribution in [2.45, 2.75) is 50.5 Å². The van der Waals surface area contributed by atoms with Gasteiger partial charge >= 0.3 is 0 Å². The van der Waals surface area contributed by atoms with Crippen LogP contribution in [0.25, 0.3) is 0 Å². The number of hydrogen-bond acceptors (Lipinski definition) is 4. The minimum Gasteiger partial charge on any atom is -0.380 e. The first-order chi connectivity index (χ1) is 17.7. The summed E-state index contributed by atoms with van der Waals surface area (Å²) in [6, 6.07) is 27.2. The summed E-state index contributed by atoms with van der Waals surface area (Å²) in [6.45, 7) is 6.24. The Morgan fingerprint density at radius 2 is 1.35 bits per heavy atom. The first-order valence-corrected chi connectivity index (χ1v) is 13.2. The Labute approximate surface area is 220 Å². The third-order valence-corrected chi connectivity index (χ3v) is 8.03. The highest BCUT2D eigenvalue weighted by Crippen LogP contribution is 2.41. The third-order valence-electron chi connectivity index (χ3n) is 8.03. The number of carbonyl (C=O) groups excluding carboxylic acids is 2. The summed E-state index contributed by atoms with van der Waals surface area (Å²) in [7, 11) is 0. The zero-order valence-electron chi connectivity index (χ0n) is 21.9. The van der Waals surface area contributed by atoms with E-state index in [1.54, 1.807) is 26.0 Å². The normalized spacial score (nSPS) is 15.4. The van der Waals surface area contributed by atoms with Crippen molar-refractivity contribution in [2.75, 3.05) is 19.6 Å². The molecule has 0 spiro atoms. The van der Waals surface area contributed by atoms with Gasteiger partial charge in [0.25, 0.3) is 0 Å². The minimum absolute atomic E-state index is 0.112. The molecule has 1 amide bonds. The van der Waals surface area contributed by atoms with E-state index in [1.165, 1.54) is 0 Å². The van der Waals surface area contributed by atoms with Gasteiger partial charge in [-0.25, -0.2) is 0 Å². The molecule has 37 heavy (non-hydrogen) atoms. The molecule has 0 radical (unpaired) electrons. The third kappa shape index (κ3) is 5.84.